The molecule has 84 valence electrons. The molecule has 0 aromatic heterocycles. The normalized spacial score (nSPS) is 10.3. The Morgan fingerprint density at radius 3 is 2.53 bits per heavy atom. The van der Waals surface area contributed by atoms with Gasteiger partial charge >= 0.3 is 0 Å². The highest BCUT2D eigenvalue weighted by Crippen LogP contribution is 2.20. The van der Waals surface area contributed by atoms with E-state index in [2.05, 4.69) is 17.9 Å². The van der Waals surface area contributed by atoms with Gasteiger partial charge in [-0.2, -0.15) is 0 Å². The average molecular weight is 208 g/mol. The molecule has 0 atom stereocenters. The van der Waals surface area contributed by atoms with Crippen LogP contribution in [0, 0.1) is 6.92 Å². The molecular formula is C12H20N2O. The van der Waals surface area contributed by atoms with Crippen LogP contribution in [0.3, 0.4) is 0 Å². The Morgan fingerprint density at radius 2 is 2.00 bits per heavy atom. The van der Waals surface area contributed by atoms with Gasteiger partial charge in [-0.05, 0) is 37.1 Å². The van der Waals surface area contributed by atoms with Crippen molar-refractivity contribution in [3.05, 3.63) is 23.8 Å². The number of hydrogen-bond donors (Lipinski definition) is 2. The third-order valence-electron chi connectivity index (χ3n) is 2.31. The highest BCUT2D eigenvalue weighted by molar-refractivity contribution is 5.58. The van der Waals surface area contributed by atoms with E-state index in [1.165, 1.54) is 0 Å². The summed E-state index contributed by atoms with van der Waals surface area (Å²) < 4.78 is 0. The van der Waals surface area contributed by atoms with Crippen LogP contribution >= 0.6 is 0 Å². The molecular weight excluding hydrogens is 188 g/mol. The van der Waals surface area contributed by atoms with Gasteiger partial charge in [0, 0.05) is 24.5 Å². The molecule has 0 unspecified atom stereocenters. The van der Waals surface area contributed by atoms with Crippen molar-refractivity contribution in [3.63, 3.8) is 0 Å². The van der Waals surface area contributed by atoms with E-state index in [4.69, 9.17) is 10.8 Å². The number of aryl methyl sites for hydroxylation is 1. The summed E-state index contributed by atoms with van der Waals surface area (Å²) in [6, 6.07) is 6.01. The molecule has 1 rings (SSSR count). The van der Waals surface area contributed by atoms with Crippen molar-refractivity contribution >= 4 is 11.4 Å². The van der Waals surface area contributed by atoms with Crippen molar-refractivity contribution < 1.29 is 5.11 Å². The van der Waals surface area contributed by atoms with Gasteiger partial charge in [-0.25, -0.2) is 0 Å². The number of rotatable bonds is 5. The van der Waals surface area contributed by atoms with Gasteiger partial charge in [0.1, 0.15) is 0 Å². The Bertz CT molecular complexity index is 286. The summed E-state index contributed by atoms with van der Waals surface area (Å²) in [5.74, 6) is 0. The molecule has 0 spiro atoms. The predicted molar refractivity (Wildman–Crippen MR) is 65.2 cm³/mol. The smallest absolute Gasteiger partial charge is 0.0606 e. The summed E-state index contributed by atoms with van der Waals surface area (Å²) in [5, 5.41) is 8.99. The standard InChI is InChI=1S/C12H20N2O/c1-3-4-14(5-6-15)12-8-10(2)7-11(13)9-12/h7-9,15H,3-6,13H2,1-2H3. The number of hydrogen-bond acceptors (Lipinski definition) is 3. The lowest BCUT2D eigenvalue weighted by Gasteiger charge is -2.24. The van der Waals surface area contributed by atoms with Gasteiger partial charge in [0.15, 0.2) is 0 Å². The van der Waals surface area contributed by atoms with Gasteiger partial charge in [-0.1, -0.05) is 6.92 Å². The molecule has 0 aliphatic carbocycles. The molecule has 1 aromatic carbocycles. The first-order chi connectivity index (χ1) is 7.17. The summed E-state index contributed by atoms with van der Waals surface area (Å²) in [4.78, 5) is 2.16. The predicted octanol–water partition coefficient (Wildman–Crippen LogP) is 1.79. The van der Waals surface area contributed by atoms with Crippen molar-refractivity contribution in [1.29, 1.82) is 0 Å². The molecule has 1 aromatic rings. The minimum Gasteiger partial charge on any atom is -0.399 e. The minimum atomic E-state index is 0.174. The lowest BCUT2D eigenvalue weighted by molar-refractivity contribution is 0.302. The van der Waals surface area contributed by atoms with E-state index in [1.54, 1.807) is 0 Å². The highest BCUT2D eigenvalue weighted by Gasteiger charge is 2.05. The van der Waals surface area contributed by atoms with Gasteiger partial charge < -0.3 is 15.7 Å². The van der Waals surface area contributed by atoms with Crippen molar-refractivity contribution in [3.8, 4) is 0 Å². The Balaban J connectivity index is 2.88. The quantitative estimate of drug-likeness (QED) is 0.725. The molecule has 0 aliphatic rings. The molecule has 0 radical (unpaired) electrons. The first-order valence-electron chi connectivity index (χ1n) is 5.40. The van der Waals surface area contributed by atoms with Gasteiger partial charge in [0.2, 0.25) is 0 Å². The number of benzene rings is 1. The van der Waals surface area contributed by atoms with Crippen LogP contribution in [-0.4, -0.2) is 24.8 Å². The Morgan fingerprint density at radius 1 is 1.27 bits per heavy atom. The second-order valence-electron chi connectivity index (χ2n) is 3.81. The van der Waals surface area contributed by atoms with Gasteiger partial charge in [0.05, 0.1) is 6.61 Å². The molecule has 0 saturated heterocycles. The maximum Gasteiger partial charge on any atom is 0.0606 e. The van der Waals surface area contributed by atoms with E-state index in [0.29, 0.717) is 6.54 Å². The fourth-order valence-corrected chi connectivity index (χ4v) is 1.74. The molecule has 0 amide bonds. The number of aliphatic hydroxyl groups excluding tert-OH is 1. The number of aliphatic hydroxyl groups is 1. The monoisotopic (exact) mass is 208 g/mol. The zero-order chi connectivity index (χ0) is 11.3. The van der Waals surface area contributed by atoms with Crippen LogP contribution in [0.4, 0.5) is 11.4 Å². The van der Waals surface area contributed by atoms with Crippen LogP contribution in [0.5, 0.6) is 0 Å². The van der Waals surface area contributed by atoms with Crippen LogP contribution in [0.2, 0.25) is 0 Å². The summed E-state index contributed by atoms with van der Waals surface area (Å²) in [5.41, 5.74) is 8.84. The van der Waals surface area contributed by atoms with E-state index >= 15 is 0 Å². The van der Waals surface area contributed by atoms with E-state index < -0.39 is 0 Å². The van der Waals surface area contributed by atoms with Gasteiger partial charge in [-0.3, -0.25) is 0 Å². The molecule has 3 N–H and O–H groups in total. The third kappa shape index (κ3) is 3.44. The van der Waals surface area contributed by atoms with E-state index in [1.807, 2.05) is 19.1 Å². The van der Waals surface area contributed by atoms with Crippen molar-refractivity contribution in [1.82, 2.24) is 0 Å². The second kappa shape index (κ2) is 5.61. The maximum absolute atomic E-state index is 8.99. The van der Waals surface area contributed by atoms with E-state index in [-0.39, 0.29) is 6.61 Å². The molecule has 3 heteroatoms. The summed E-state index contributed by atoms with van der Waals surface area (Å²) in [7, 11) is 0. The van der Waals surface area contributed by atoms with Crippen LogP contribution in [0.25, 0.3) is 0 Å². The van der Waals surface area contributed by atoms with Crippen molar-refractivity contribution in [2.24, 2.45) is 0 Å². The zero-order valence-electron chi connectivity index (χ0n) is 9.53. The number of anilines is 2. The van der Waals surface area contributed by atoms with Crippen LogP contribution in [-0.2, 0) is 0 Å². The highest BCUT2D eigenvalue weighted by atomic mass is 16.3. The molecule has 0 heterocycles. The van der Waals surface area contributed by atoms with Gasteiger partial charge in [-0.15, -0.1) is 0 Å². The zero-order valence-corrected chi connectivity index (χ0v) is 9.53. The third-order valence-corrected chi connectivity index (χ3v) is 2.31. The van der Waals surface area contributed by atoms with Crippen molar-refractivity contribution in [2.75, 3.05) is 30.3 Å². The average Bonchev–Trinajstić information content (AvgIpc) is 2.16. The van der Waals surface area contributed by atoms with Crippen LogP contribution in [0.1, 0.15) is 18.9 Å². The molecule has 0 aliphatic heterocycles. The number of nitrogens with two attached hydrogens (primary N) is 1. The van der Waals surface area contributed by atoms with Crippen LogP contribution in [0.15, 0.2) is 18.2 Å². The lowest BCUT2D eigenvalue weighted by atomic mass is 10.1. The second-order valence-corrected chi connectivity index (χ2v) is 3.81. The van der Waals surface area contributed by atoms with E-state index in [0.717, 1.165) is 29.9 Å². The molecule has 3 nitrogen and oxygen atoms in total. The lowest BCUT2D eigenvalue weighted by Crippen LogP contribution is -2.27. The largest absolute Gasteiger partial charge is 0.399 e. The number of nitrogens with zero attached hydrogens (tertiary/aromatic N) is 1. The molecule has 15 heavy (non-hydrogen) atoms. The fraction of sp³-hybridized carbons (Fsp3) is 0.500. The molecule has 0 saturated carbocycles. The molecule has 0 fully saturated rings. The molecule has 0 bridgehead atoms. The number of nitrogen functional groups attached to an aromatic ring is 1. The van der Waals surface area contributed by atoms with Crippen LogP contribution < -0.4 is 10.6 Å². The Kier molecular flexibility index (Phi) is 4.43. The fourth-order valence-electron chi connectivity index (χ4n) is 1.74. The first kappa shape index (κ1) is 11.9. The summed E-state index contributed by atoms with van der Waals surface area (Å²) in [6.07, 6.45) is 1.06. The van der Waals surface area contributed by atoms with Gasteiger partial charge in [0.25, 0.3) is 0 Å². The van der Waals surface area contributed by atoms with E-state index in [9.17, 15) is 0 Å². The van der Waals surface area contributed by atoms with Crippen molar-refractivity contribution in [2.45, 2.75) is 20.3 Å². The summed E-state index contributed by atoms with van der Waals surface area (Å²) in [6.45, 7) is 5.94. The SMILES string of the molecule is CCCN(CCO)c1cc(C)cc(N)c1. The minimum absolute atomic E-state index is 0.174. The Hall–Kier alpha value is -1.22. The maximum atomic E-state index is 8.99. The first-order valence-corrected chi connectivity index (χ1v) is 5.40. The Labute approximate surface area is 91.5 Å². The topological polar surface area (TPSA) is 49.5 Å². The summed E-state index contributed by atoms with van der Waals surface area (Å²) >= 11 is 0.